The summed E-state index contributed by atoms with van der Waals surface area (Å²) in [5, 5.41) is 0. The summed E-state index contributed by atoms with van der Waals surface area (Å²) in [5.74, 6) is -1.49. The Hall–Kier alpha value is -1.87. The van der Waals surface area contributed by atoms with Gasteiger partial charge in [-0.25, -0.2) is 18.4 Å². The molecule has 0 saturated carbocycles. The van der Waals surface area contributed by atoms with Crippen molar-refractivity contribution in [1.29, 1.82) is 0 Å². The highest BCUT2D eigenvalue weighted by Gasteiger charge is 2.38. The molecule has 136 valence electrons. The van der Waals surface area contributed by atoms with Gasteiger partial charge < -0.3 is 9.47 Å². The summed E-state index contributed by atoms with van der Waals surface area (Å²) in [7, 11) is 1.17. The first-order chi connectivity index (χ1) is 12.0. The van der Waals surface area contributed by atoms with Crippen LogP contribution in [0.25, 0.3) is 0 Å². The van der Waals surface area contributed by atoms with Crippen LogP contribution in [0.5, 0.6) is 0 Å². The predicted molar refractivity (Wildman–Crippen MR) is 88.4 cm³/mol. The highest BCUT2D eigenvalue weighted by Crippen LogP contribution is 2.33. The number of nitrogens with one attached hydrogen (secondary N) is 1. The molecular formula is C16H18F2N2O4S. The van der Waals surface area contributed by atoms with E-state index in [0.717, 1.165) is 29.2 Å². The van der Waals surface area contributed by atoms with E-state index in [1.54, 1.807) is 11.9 Å². The van der Waals surface area contributed by atoms with E-state index in [1.807, 2.05) is 0 Å². The average Bonchev–Trinajstić information content (AvgIpc) is 2.79. The summed E-state index contributed by atoms with van der Waals surface area (Å²) in [6.45, 7) is 0.333. The summed E-state index contributed by atoms with van der Waals surface area (Å²) in [5.41, 5.74) is 0.0435. The lowest BCUT2D eigenvalue weighted by Crippen LogP contribution is -2.29. The molecule has 1 aromatic rings. The minimum atomic E-state index is -1.11. The molecule has 1 N–H and O–H groups in total. The van der Waals surface area contributed by atoms with E-state index in [0.29, 0.717) is 13.0 Å². The van der Waals surface area contributed by atoms with Gasteiger partial charge in [-0.1, -0.05) is 11.9 Å². The Bertz CT molecular complexity index is 657. The molecule has 2 fully saturated rings. The Morgan fingerprint density at radius 3 is 2.80 bits per heavy atom. The molecule has 9 heteroatoms. The number of rotatable bonds is 3. The number of anilines is 1. The highest BCUT2D eigenvalue weighted by molar-refractivity contribution is 7.97. The van der Waals surface area contributed by atoms with Crippen molar-refractivity contribution in [3.63, 3.8) is 0 Å². The maximum Gasteiger partial charge on any atom is 0.415 e. The largest absolute Gasteiger partial charge is 0.466 e. The summed E-state index contributed by atoms with van der Waals surface area (Å²) < 4.78 is 41.7. The molecule has 2 aliphatic heterocycles. The molecule has 2 heterocycles. The van der Waals surface area contributed by atoms with Gasteiger partial charge in [0.2, 0.25) is 6.10 Å². The smallest absolute Gasteiger partial charge is 0.415 e. The van der Waals surface area contributed by atoms with Gasteiger partial charge in [0.25, 0.3) is 0 Å². The van der Waals surface area contributed by atoms with Crippen molar-refractivity contribution in [3.8, 4) is 0 Å². The van der Waals surface area contributed by atoms with E-state index in [1.165, 1.54) is 7.11 Å². The molecule has 0 bridgehead atoms. The van der Waals surface area contributed by atoms with E-state index in [-0.39, 0.29) is 23.7 Å². The van der Waals surface area contributed by atoms with Crippen LogP contribution >= 0.6 is 11.9 Å². The van der Waals surface area contributed by atoms with Crippen LogP contribution in [0.1, 0.15) is 24.3 Å². The van der Waals surface area contributed by atoms with E-state index in [9.17, 15) is 18.4 Å². The number of esters is 1. The molecule has 2 atom stereocenters. The molecule has 0 radical (unpaired) electrons. The van der Waals surface area contributed by atoms with E-state index >= 15 is 0 Å². The predicted octanol–water partition coefficient (Wildman–Crippen LogP) is 2.58. The van der Waals surface area contributed by atoms with Crippen molar-refractivity contribution in [1.82, 2.24) is 4.72 Å². The third-order valence-corrected chi connectivity index (χ3v) is 5.15. The number of carbonyl (C=O) groups is 2. The zero-order chi connectivity index (χ0) is 18.0. The first kappa shape index (κ1) is 17.9. The number of carbonyl (C=O) groups excluding carboxylic acids is 2. The normalized spacial score (nSPS) is 24.0. The number of amides is 1. The molecule has 25 heavy (non-hydrogen) atoms. The highest BCUT2D eigenvalue weighted by atomic mass is 32.2. The van der Waals surface area contributed by atoms with Crippen LogP contribution < -0.4 is 9.62 Å². The van der Waals surface area contributed by atoms with E-state index in [4.69, 9.17) is 4.74 Å². The van der Waals surface area contributed by atoms with Crippen LogP contribution in [0.2, 0.25) is 0 Å². The Balaban J connectivity index is 1.84. The van der Waals surface area contributed by atoms with Gasteiger partial charge in [-0.2, -0.15) is 0 Å². The van der Waals surface area contributed by atoms with Crippen LogP contribution in [-0.4, -0.2) is 44.1 Å². The van der Waals surface area contributed by atoms with Crippen LogP contribution in [0.15, 0.2) is 12.1 Å². The van der Waals surface area contributed by atoms with E-state index < -0.39 is 29.8 Å². The third-order valence-electron chi connectivity index (χ3n) is 4.29. The minimum absolute atomic E-state index is 0.0195. The Morgan fingerprint density at radius 2 is 2.12 bits per heavy atom. The monoisotopic (exact) mass is 372 g/mol. The summed E-state index contributed by atoms with van der Waals surface area (Å²) >= 11 is 1.55. The Labute approximate surface area is 148 Å². The van der Waals surface area contributed by atoms with Crippen LogP contribution in [0.3, 0.4) is 0 Å². The van der Waals surface area contributed by atoms with Crippen LogP contribution in [0.4, 0.5) is 19.3 Å². The first-order valence-corrected chi connectivity index (χ1v) is 8.89. The maximum absolute atomic E-state index is 14.6. The third kappa shape index (κ3) is 3.72. The number of ether oxygens (including phenoxy) is 2. The number of methoxy groups -OCH3 is 1. The lowest BCUT2D eigenvalue weighted by Gasteiger charge is -2.19. The van der Waals surface area contributed by atoms with Crippen LogP contribution in [-0.2, 0) is 14.3 Å². The second-order valence-electron chi connectivity index (χ2n) is 5.87. The first-order valence-electron chi connectivity index (χ1n) is 7.91. The summed E-state index contributed by atoms with van der Waals surface area (Å²) in [6.07, 6.45) is -0.396. The number of cyclic esters (lactones) is 1. The molecule has 0 aromatic heterocycles. The second kappa shape index (κ2) is 7.57. The minimum Gasteiger partial charge on any atom is -0.466 e. The van der Waals surface area contributed by atoms with Gasteiger partial charge in [0.05, 0.1) is 19.3 Å². The fraction of sp³-hybridized carbons (Fsp3) is 0.500. The number of nitrogens with zero attached hydrogens (tertiary/aromatic N) is 1. The molecule has 0 spiro atoms. The molecule has 6 nitrogen and oxygen atoms in total. The quantitative estimate of drug-likeness (QED) is 0.650. The summed E-state index contributed by atoms with van der Waals surface area (Å²) in [6, 6.07) is 2.22. The van der Waals surface area contributed by atoms with Crippen molar-refractivity contribution in [3.05, 3.63) is 29.3 Å². The molecule has 1 aromatic carbocycles. The number of hydrogen-bond acceptors (Lipinski definition) is 6. The van der Waals surface area contributed by atoms with Crippen molar-refractivity contribution in [2.45, 2.75) is 24.9 Å². The van der Waals surface area contributed by atoms with Crippen molar-refractivity contribution < 1.29 is 27.8 Å². The number of halogens is 2. The fourth-order valence-electron chi connectivity index (χ4n) is 3.03. The SMILES string of the molecule is COC(=O)C1CN(c2cc(F)c(C3CCCSNC3)c(F)c2)C(=O)O1. The number of hydrogen-bond donors (Lipinski definition) is 1. The topological polar surface area (TPSA) is 67.9 Å². The van der Waals surface area contributed by atoms with Crippen LogP contribution in [0, 0.1) is 11.6 Å². The standard InChI is InChI=1S/C16H18F2N2O4S/c1-23-15(21)13-8-20(16(22)24-13)10-5-11(17)14(12(18)6-10)9-3-2-4-25-19-7-9/h5-6,9,13,19H,2-4,7-8H2,1H3. The lowest BCUT2D eigenvalue weighted by atomic mass is 9.93. The molecule has 3 rings (SSSR count). The van der Waals surface area contributed by atoms with Gasteiger partial charge in [-0.15, -0.1) is 0 Å². The van der Waals surface area contributed by atoms with Crippen molar-refractivity contribution in [2.75, 3.05) is 30.9 Å². The zero-order valence-corrected chi connectivity index (χ0v) is 14.4. The molecule has 2 unspecified atom stereocenters. The Kier molecular flexibility index (Phi) is 5.43. The van der Waals surface area contributed by atoms with Gasteiger partial charge in [-0.05, 0) is 25.0 Å². The van der Waals surface area contributed by atoms with Crippen molar-refractivity contribution in [2.24, 2.45) is 0 Å². The molecule has 2 aliphatic rings. The average molecular weight is 372 g/mol. The molecule has 1 amide bonds. The Morgan fingerprint density at radius 1 is 1.40 bits per heavy atom. The molecular weight excluding hydrogens is 354 g/mol. The number of benzene rings is 1. The van der Waals surface area contributed by atoms with Gasteiger partial charge in [0.15, 0.2) is 0 Å². The van der Waals surface area contributed by atoms with Gasteiger partial charge >= 0.3 is 12.1 Å². The van der Waals surface area contributed by atoms with Gasteiger partial charge in [0.1, 0.15) is 11.6 Å². The lowest BCUT2D eigenvalue weighted by molar-refractivity contribution is -0.148. The summed E-state index contributed by atoms with van der Waals surface area (Å²) in [4.78, 5) is 24.4. The van der Waals surface area contributed by atoms with Gasteiger partial charge in [0, 0.05) is 23.8 Å². The maximum atomic E-state index is 14.6. The molecule has 0 aliphatic carbocycles. The zero-order valence-electron chi connectivity index (χ0n) is 13.6. The van der Waals surface area contributed by atoms with Gasteiger partial charge in [-0.3, -0.25) is 9.62 Å². The molecule has 2 saturated heterocycles. The fourth-order valence-corrected chi connectivity index (χ4v) is 3.80. The van der Waals surface area contributed by atoms with E-state index in [2.05, 4.69) is 9.46 Å². The second-order valence-corrected chi connectivity index (χ2v) is 6.85. The van der Waals surface area contributed by atoms with Crippen molar-refractivity contribution >= 4 is 29.7 Å².